The van der Waals surface area contributed by atoms with Gasteiger partial charge in [0.1, 0.15) is 35.1 Å². The van der Waals surface area contributed by atoms with E-state index in [-0.39, 0.29) is 11.7 Å². The Balaban J connectivity index is 1.26. The topological polar surface area (TPSA) is 131 Å². The lowest BCUT2D eigenvalue weighted by Crippen LogP contribution is -2.48. The van der Waals surface area contributed by atoms with Crippen molar-refractivity contribution in [3.63, 3.8) is 0 Å². The summed E-state index contributed by atoms with van der Waals surface area (Å²) in [5.41, 5.74) is 1.92. The zero-order valence-electron chi connectivity index (χ0n) is 31.8. The lowest BCUT2D eigenvalue weighted by molar-refractivity contribution is 0.0275. The number of carbonyl (C=O) groups is 3. The van der Waals surface area contributed by atoms with Crippen molar-refractivity contribution in [1.82, 2.24) is 14.8 Å². The second kappa shape index (κ2) is 15.6. The van der Waals surface area contributed by atoms with E-state index in [1.165, 1.54) is 29.3 Å². The first-order valence-electron chi connectivity index (χ1n) is 18.2. The number of nitrogens with one attached hydrogen (secondary N) is 1. The van der Waals surface area contributed by atoms with Crippen LogP contribution in [0.3, 0.4) is 0 Å². The molecule has 3 unspecified atom stereocenters. The second-order valence-corrected chi connectivity index (χ2v) is 15.9. The number of hydrogen-bond acceptors (Lipinski definition) is 7. The first kappa shape index (κ1) is 39.0. The van der Waals surface area contributed by atoms with E-state index in [1.54, 1.807) is 80.3 Å². The summed E-state index contributed by atoms with van der Waals surface area (Å²) in [4.78, 5) is 45.4. The zero-order valence-corrected chi connectivity index (χ0v) is 31.8. The number of anilines is 1. The molecule has 6 rings (SSSR count). The van der Waals surface area contributed by atoms with E-state index in [0.29, 0.717) is 71.9 Å². The number of amides is 3. The number of pyridine rings is 1. The number of benzene rings is 3. The highest BCUT2D eigenvalue weighted by molar-refractivity contribution is 6.05. The zero-order chi connectivity index (χ0) is 39.7. The Morgan fingerprint density at radius 1 is 0.818 bits per heavy atom. The number of carbonyl (C=O) groups excluding carboxylic acids is 2. The molecular weight excluding hydrogens is 710 g/mol. The molecule has 2 N–H and O–H groups in total. The summed E-state index contributed by atoms with van der Waals surface area (Å²) in [6.07, 6.45) is 0.190. The number of ether oxygens (including phenoxy) is 3. The Labute approximate surface area is 319 Å². The Bertz CT molecular complexity index is 2050. The predicted molar refractivity (Wildman–Crippen MR) is 203 cm³/mol. The summed E-state index contributed by atoms with van der Waals surface area (Å²) in [5, 5.41) is 12.8. The average Bonchev–Trinajstić information content (AvgIpc) is 3.77. The van der Waals surface area contributed by atoms with Gasteiger partial charge in [-0.05, 0) is 92.4 Å². The quantitative estimate of drug-likeness (QED) is 0.171. The van der Waals surface area contributed by atoms with Crippen LogP contribution in [0.15, 0.2) is 79.0 Å². The maximum Gasteiger partial charge on any atom is 0.410 e. The predicted octanol–water partition coefficient (Wildman–Crippen LogP) is 8.88. The highest BCUT2D eigenvalue weighted by Gasteiger charge is 2.45. The molecule has 0 aliphatic carbocycles. The van der Waals surface area contributed by atoms with Crippen LogP contribution in [-0.4, -0.2) is 81.5 Å². The number of aromatic nitrogens is 1. The highest BCUT2D eigenvalue weighted by Crippen LogP contribution is 2.40. The van der Waals surface area contributed by atoms with E-state index in [2.05, 4.69) is 10.3 Å². The molecule has 0 radical (unpaired) electrons. The highest BCUT2D eigenvalue weighted by atomic mass is 19.1. The van der Waals surface area contributed by atoms with Crippen molar-refractivity contribution < 1.29 is 42.5 Å². The normalized spacial score (nSPS) is 18.6. The Morgan fingerprint density at radius 3 is 2.15 bits per heavy atom. The van der Waals surface area contributed by atoms with E-state index in [0.717, 1.165) is 0 Å². The molecule has 11 nitrogen and oxygen atoms in total. The molecule has 0 bridgehead atoms. The fourth-order valence-electron chi connectivity index (χ4n) is 7.09. The molecule has 2 aliphatic rings. The number of halogens is 2. The Kier molecular flexibility index (Phi) is 11.0. The minimum Gasteiger partial charge on any atom is -0.488 e. The molecule has 0 saturated carbocycles. The van der Waals surface area contributed by atoms with Crippen LogP contribution in [0.25, 0.3) is 22.3 Å². The van der Waals surface area contributed by atoms with Gasteiger partial charge in [0.25, 0.3) is 5.91 Å². The van der Waals surface area contributed by atoms with Crippen LogP contribution in [-0.2, 0) is 4.74 Å². The molecule has 1 aromatic heterocycles. The van der Waals surface area contributed by atoms with Gasteiger partial charge in [0.15, 0.2) is 0 Å². The lowest BCUT2D eigenvalue weighted by Gasteiger charge is -2.37. The van der Waals surface area contributed by atoms with E-state index < -0.39 is 53.0 Å². The summed E-state index contributed by atoms with van der Waals surface area (Å²) < 4.78 is 46.3. The van der Waals surface area contributed by atoms with Crippen molar-refractivity contribution in [2.24, 2.45) is 5.41 Å². The Morgan fingerprint density at radius 2 is 1.49 bits per heavy atom. The minimum atomic E-state index is -1.01. The monoisotopic (exact) mass is 756 g/mol. The van der Waals surface area contributed by atoms with Gasteiger partial charge in [-0.1, -0.05) is 32.9 Å². The van der Waals surface area contributed by atoms with Gasteiger partial charge in [-0.3, -0.25) is 4.79 Å². The molecule has 13 heteroatoms. The third-order valence-corrected chi connectivity index (χ3v) is 9.52. The van der Waals surface area contributed by atoms with Crippen molar-refractivity contribution in [3.8, 4) is 33.8 Å². The summed E-state index contributed by atoms with van der Waals surface area (Å²) in [6, 6.07) is 18.3. The molecule has 290 valence electrons. The van der Waals surface area contributed by atoms with Crippen molar-refractivity contribution in [2.75, 3.05) is 25.0 Å². The average molecular weight is 757 g/mol. The third kappa shape index (κ3) is 9.33. The molecule has 3 amide bonds. The van der Waals surface area contributed by atoms with Crippen molar-refractivity contribution >= 4 is 23.8 Å². The van der Waals surface area contributed by atoms with Gasteiger partial charge in [-0.2, -0.15) is 4.39 Å². The fourth-order valence-corrected chi connectivity index (χ4v) is 7.09. The van der Waals surface area contributed by atoms with Gasteiger partial charge in [0.05, 0.1) is 12.6 Å². The van der Waals surface area contributed by atoms with Crippen LogP contribution < -0.4 is 14.8 Å². The number of hydrogen-bond donors (Lipinski definition) is 2. The summed E-state index contributed by atoms with van der Waals surface area (Å²) in [7, 11) is 0. The molecule has 3 heterocycles. The van der Waals surface area contributed by atoms with Crippen molar-refractivity contribution in [1.29, 1.82) is 0 Å². The molecule has 2 aliphatic heterocycles. The molecule has 2 fully saturated rings. The first-order valence-corrected chi connectivity index (χ1v) is 18.2. The van der Waals surface area contributed by atoms with Crippen LogP contribution in [0.5, 0.6) is 11.5 Å². The van der Waals surface area contributed by atoms with E-state index in [9.17, 15) is 28.3 Å². The second-order valence-electron chi connectivity index (χ2n) is 15.9. The van der Waals surface area contributed by atoms with Gasteiger partial charge in [-0.15, -0.1) is 0 Å². The third-order valence-electron chi connectivity index (χ3n) is 9.52. The maximum absolute atomic E-state index is 14.0. The molecule has 2 saturated heterocycles. The number of rotatable bonds is 8. The fraction of sp³-hybridized carbons (Fsp3) is 0.381. The van der Waals surface area contributed by atoms with Crippen LogP contribution >= 0.6 is 0 Å². The van der Waals surface area contributed by atoms with Crippen LogP contribution in [0.4, 0.5) is 24.1 Å². The van der Waals surface area contributed by atoms with Crippen LogP contribution in [0.2, 0.25) is 0 Å². The largest absolute Gasteiger partial charge is 0.488 e. The standard InChI is InChI=1S/C42H46F2N4O7/c1-41(2,3)37-35(18-20-48(37)39(50)51)54-34-15-13-29(22-32(34)25-7-11-28(43)12-8-25)46-38(49)26-9-14-33(31(21-26)27-10-16-36(44)45-23-27)53-30-17-19-47(24-30)40(52)55-42(4,5)6/h7-16,21-23,30,35,37H,17-20,24H2,1-6H3,(H,46,49)(H,50,51). The molecule has 3 atom stereocenters. The maximum atomic E-state index is 14.0. The lowest BCUT2D eigenvalue weighted by atomic mass is 9.83. The Hall–Kier alpha value is -5.72. The molecule has 0 spiro atoms. The van der Waals surface area contributed by atoms with Crippen molar-refractivity contribution in [2.45, 2.75) is 78.2 Å². The van der Waals surface area contributed by atoms with E-state index in [4.69, 9.17) is 14.2 Å². The molecular formula is C42H46F2N4O7. The van der Waals surface area contributed by atoms with Crippen molar-refractivity contribution in [3.05, 3.63) is 96.3 Å². The van der Waals surface area contributed by atoms with Gasteiger partial charge >= 0.3 is 12.2 Å². The molecule has 3 aromatic carbocycles. The molecule has 4 aromatic rings. The van der Waals surface area contributed by atoms with Gasteiger partial charge < -0.3 is 34.4 Å². The number of likely N-dealkylation sites (tertiary alicyclic amines) is 2. The summed E-state index contributed by atoms with van der Waals surface area (Å²) in [5.74, 6) is -0.623. The van der Waals surface area contributed by atoms with E-state index in [1.807, 2.05) is 20.8 Å². The number of carboxylic acid groups (broad SMARTS) is 1. The van der Waals surface area contributed by atoms with E-state index >= 15 is 0 Å². The van der Waals surface area contributed by atoms with Gasteiger partial charge in [-0.25, -0.2) is 19.0 Å². The van der Waals surface area contributed by atoms with Crippen LogP contribution in [0, 0.1) is 17.2 Å². The summed E-state index contributed by atoms with van der Waals surface area (Å²) in [6.45, 7) is 12.4. The number of nitrogens with zero attached hydrogens (tertiary/aromatic N) is 3. The van der Waals surface area contributed by atoms with Gasteiger partial charge in [0.2, 0.25) is 5.95 Å². The SMILES string of the molecule is CC(C)(C)OC(=O)N1CCC(Oc2ccc(C(=O)Nc3ccc(OC4CCN(C(=O)O)C4C(C)(C)C)c(-c4ccc(F)cc4)c3)cc2-c2ccc(F)nc2)C1. The minimum absolute atomic E-state index is 0.282. The summed E-state index contributed by atoms with van der Waals surface area (Å²) >= 11 is 0. The smallest absolute Gasteiger partial charge is 0.410 e. The van der Waals surface area contributed by atoms with Gasteiger partial charge in [0, 0.05) is 60.1 Å². The first-order chi connectivity index (χ1) is 25.9. The molecule has 55 heavy (non-hydrogen) atoms. The van der Waals surface area contributed by atoms with Crippen LogP contribution in [0.1, 0.15) is 64.7 Å².